The van der Waals surface area contributed by atoms with Gasteiger partial charge >= 0.3 is 0 Å². The summed E-state index contributed by atoms with van der Waals surface area (Å²) in [6, 6.07) is 13.7. The van der Waals surface area contributed by atoms with E-state index in [1.807, 2.05) is 49.4 Å². The third kappa shape index (κ3) is 3.56. The standard InChI is InChI=1S/C23H23NO4S/c1-4-28-22-16(6-5-7-19(22)27-3)17-12-20(25)24-21-18(13-29-23(17)21)14-8-10-15(26-2)11-9-14/h5-11,13,17H,4,12H2,1-3H3,(H,24,25). The number of para-hydroxylation sites is 1. The number of methoxy groups -OCH3 is 2. The summed E-state index contributed by atoms with van der Waals surface area (Å²) in [6.45, 7) is 2.48. The number of thiophene rings is 1. The number of ether oxygens (including phenoxy) is 3. The fourth-order valence-electron chi connectivity index (χ4n) is 3.73. The van der Waals surface area contributed by atoms with Gasteiger partial charge in [-0.25, -0.2) is 0 Å². The van der Waals surface area contributed by atoms with Crippen LogP contribution in [0, 0.1) is 0 Å². The predicted octanol–water partition coefficient (Wildman–Crippen LogP) is 5.31. The summed E-state index contributed by atoms with van der Waals surface area (Å²) in [7, 11) is 3.28. The molecular formula is C23H23NO4S. The van der Waals surface area contributed by atoms with Gasteiger partial charge in [-0.1, -0.05) is 24.3 Å². The van der Waals surface area contributed by atoms with Crippen molar-refractivity contribution in [3.8, 4) is 28.4 Å². The Labute approximate surface area is 174 Å². The molecule has 0 aliphatic carbocycles. The molecule has 29 heavy (non-hydrogen) atoms. The zero-order valence-electron chi connectivity index (χ0n) is 16.7. The van der Waals surface area contributed by atoms with Crippen LogP contribution in [0.15, 0.2) is 47.8 Å². The van der Waals surface area contributed by atoms with Gasteiger partial charge in [-0.05, 0) is 30.7 Å². The van der Waals surface area contributed by atoms with E-state index in [0.717, 1.165) is 33.0 Å². The molecule has 0 fully saturated rings. The molecule has 1 aliphatic rings. The molecule has 1 aromatic heterocycles. The molecule has 0 radical (unpaired) electrons. The second-order valence-electron chi connectivity index (χ2n) is 6.73. The number of amides is 1. The van der Waals surface area contributed by atoms with Gasteiger partial charge < -0.3 is 19.5 Å². The minimum atomic E-state index is -0.0765. The lowest BCUT2D eigenvalue weighted by atomic mass is 9.88. The summed E-state index contributed by atoms with van der Waals surface area (Å²) in [5.74, 6) is 2.12. The summed E-state index contributed by atoms with van der Waals surface area (Å²) < 4.78 is 16.7. The Kier molecular flexibility index (Phi) is 5.45. The maximum Gasteiger partial charge on any atom is 0.225 e. The third-order valence-electron chi connectivity index (χ3n) is 5.08. The van der Waals surface area contributed by atoms with E-state index in [9.17, 15) is 4.79 Å². The molecule has 0 spiro atoms. The number of anilines is 1. The van der Waals surface area contributed by atoms with Crippen molar-refractivity contribution in [2.45, 2.75) is 19.3 Å². The van der Waals surface area contributed by atoms with E-state index in [1.165, 1.54) is 0 Å². The van der Waals surface area contributed by atoms with Crippen molar-refractivity contribution < 1.29 is 19.0 Å². The molecule has 0 bridgehead atoms. The van der Waals surface area contributed by atoms with Crippen LogP contribution < -0.4 is 19.5 Å². The fraction of sp³-hybridized carbons (Fsp3) is 0.261. The smallest absolute Gasteiger partial charge is 0.225 e. The summed E-state index contributed by atoms with van der Waals surface area (Å²) in [6.07, 6.45) is 0.378. The van der Waals surface area contributed by atoms with Crippen LogP contribution in [-0.4, -0.2) is 26.7 Å². The molecule has 3 aromatic rings. The van der Waals surface area contributed by atoms with Crippen molar-refractivity contribution in [1.29, 1.82) is 0 Å². The molecule has 0 saturated carbocycles. The lowest BCUT2D eigenvalue weighted by Gasteiger charge is -2.26. The molecule has 1 aliphatic heterocycles. The van der Waals surface area contributed by atoms with E-state index >= 15 is 0 Å². The average Bonchev–Trinajstić information content (AvgIpc) is 3.17. The van der Waals surface area contributed by atoms with Crippen molar-refractivity contribution >= 4 is 22.9 Å². The van der Waals surface area contributed by atoms with Crippen molar-refractivity contribution in [3.05, 3.63) is 58.3 Å². The highest BCUT2D eigenvalue weighted by molar-refractivity contribution is 7.11. The van der Waals surface area contributed by atoms with Crippen molar-refractivity contribution in [2.75, 3.05) is 26.1 Å². The first kappa shape index (κ1) is 19.3. The molecule has 1 unspecified atom stereocenters. The lowest BCUT2D eigenvalue weighted by Crippen LogP contribution is -2.23. The molecule has 2 heterocycles. The number of hydrogen-bond donors (Lipinski definition) is 1. The second kappa shape index (κ2) is 8.17. The second-order valence-corrected chi connectivity index (χ2v) is 7.64. The SMILES string of the molecule is CCOc1c(OC)cccc1C1CC(=O)Nc2c(-c3ccc(OC)cc3)csc21. The molecule has 150 valence electrons. The van der Waals surface area contributed by atoms with E-state index in [4.69, 9.17) is 14.2 Å². The number of benzene rings is 2. The van der Waals surface area contributed by atoms with Crippen LogP contribution in [0.3, 0.4) is 0 Å². The minimum absolute atomic E-state index is 0.000861. The monoisotopic (exact) mass is 409 g/mol. The largest absolute Gasteiger partial charge is 0.497 e. The van der Waals surface area contributed by atoms with Crippen LogP contribution in [0.5, 0.6) is 17.2 Å². The maximum atomic E-state index is 12.6. The highest BCUT2D eigenvalue weighted by Gasteiger charge is 2.33. The quantitative estimate of drug-likeness (QED) is 0.600. The van der Waals surface area contributed by atoms with E-state index in [1.54, 1.807) is 25.6 Å². The average molecular weight is 410 g/mol. The highest BCUT2D eigenvalue weighted by Crippen LogP contribution is 2.49. The van der Waals surface area contributed by atoms with Gasteiger partial charge in [-0.3, -0.25) is 4.79 Å². The molecule has 1 N–H and O–H groups in total. The molecule has 2 aromatic carbocycles. The van der Waals surface area contributed by atoms with Gasteiger partial charge in [0.2, 0.25) is 5.91 Å². The fourth-order valence-corrected chi connectivity index (χ4v) is 4.88. The van der Waals surface area contributed by atoms with Gasteiger partial charge in [-0.2, -0.15) is 0 Å². The van der Waals surface area contributed by atoms with Crippen molar-refractivity contribution in [2.24, 2.45) is 0 Å². The van der Waals surface area contributed by atoms with Crippen molar-refractivity contribution in [3.63, 3.8) is 0 Å². The number of carbonyl (C=O) groups is 1. The van der Waals surface area contributed by atoms with Gasteiger partial charge in [-0.15, -0.1) is 11.3 Å². The molecule has 1 atom stereocenters. The predicted molar refractivity (Wildman–Crippen MR) is 116 cm³/mol. The Morgan fingerprint density at radius 3 is 2.59 bits per heavy atom. The third-order valence-corrected chi connectivity index (χ3v) is 6.18. The number of carbonyl (C=O) groups excluding carboxylic acids is 1. The van der Waals surface area contributed by atoms with Gasteiger partial charge in [0.25, 0.3) is 0 Å². The van der Waals surface area contributed by atoms with Crippen LogP contribution in [0.2, 0.25) is 0 Å². The number of rotatable bonds is 6. The Balaban J connectivity index is 1.80. The summed E-state index contributed by atoms with van der Waals surface area (Å²) in [5.41, 5.74) is 3.92. The van der Waals surface area contributed by atoms with Gasteiger partial charge in [0.05, 0.1) is 26.5 Å². The van der Waals surface area contributed by atoms with Crippen molar-refractivity contribution in [1.82, 2.24) is 0 Å². The van der Waals surface area contributed by atoms with Gasteiger partial charge in [0.15, 0.2) is 11.5 Å². The highest BCUT2D eigenvalue weighted by atomic mass is 32.1. The lowest BCUT2D eigenvalue weighted by molar-refractivity contribution is -0.116. The van der Waals surface area contributed by atoms with Crippen LogP contribution >= 0.6 is 11.3 Å². The molecule has 1 amide bonds. The number of nitrogens with one attached hydrogen (secondary N) is 1. The molecule has 0 saturated heterocycles. The molecular weight excluding hydrogens is 386 g/mol. The molecule has 6 heteroatoms. The van der Waals surface area contributed by atoms with Crippen LogP contribution in [0.1, 0.15) is 29.7 Å². The van der Waals surface area contributed by atoms with E-state index < -0.39 is 0 Å². The van der Waals surface area contributed by atoms with Crippen LogP contribution in [0.25, 0.3) is 11.1 Å². The van der Waals surface area contributed by atoms with E-state index in [2.05, 4.69) is 10.7 Å². The molecule has 4 rings (SSSR count). The topological polar surface area (TPSA) is 56.8 Å². The first-order chi connectivity index (χ1) is 14.2. The summed E-state index contributed by atoms with van der Waals surface area (Å²) in [5, 5.41) is 5.19. The van der Waals surface area contributed by atoms with Crippen LogP contribution in [-0.2, 0) is 4.79 Å². The Morgan fingerprint density at radius 1 is 1.10 bits per heavy atom. The zero-order valence-corrected chi connectivity index (χ0v) is 17.5. The normalized spacial score (nSPS) is 15.4. The van der Waals surface area contributed by atoms with Gasteiger partial charge in [0, 0.05) is 33.7 Å². The van der Waals surface area contributed by atoms with Crippen LogP contribution in [0.4, 0.5) is 5.69 Å². The summed E-state index contributed by atoms with van der Waals surface area (Å²) >= 11 is 1.66. The van der Waals surface area contributed by atoms with E-state index in [0.29, 0.717) is 24.5 Å². The Bertz CT molecular complexity index is 1030. The minimum Gasteiger partial charge on any atom is -0.497 e. The first-order valence-corrected chi connectivity index (χ1v) is 10.4. The van der Waals surface area contributed by atoms with Gasteiger partial charge in [0.1, 0.15) is 5.75 Å². The Hall–Kier alpha value is -2.99. The van der Waals surface area contributed by atoms with E-state index in [-0.39, 0.29) is 11.8 Å². The first-order valence-electron chi connectivity index (χ1n) is 9.51. The zero-order chi connectivity index (χ0) is 20.4. The Morgan fingerprint density at radius 2 is 1.90 bits per heavy atom. The summed E-state index contributed by atoms with van der Waals surface area (Å²) in [4.78, 5) is 13.7. The number of hydrogen-bond acceptors (Lipinski definition) is 5. The molecule has 5 nitrogen and oxygen atoms in total. The number of fused-ring (bicyclic) bond motifs is 1. The maximum absolute atomic E-state index is 12.6.